The lowest BCUT2D eigenvalue weighted by Crippen LogP contribution is -2.54. The van der Waals surface area contributed by atoms with Crippen LogP contribution in [0.2, 0.25) is 10.0 Å². The number of hydrogen-bond acceptors (Lipinski definition) is 6. The van der Waals surface area contributed by atoms with Crippen molar-refractivity contribution in [2.45, 2.75) is 80.0 Å². The van der Waals surface area contributed by atoms with Crippen LogP contribution in [0, 0.1) is 0 Å². The van der Waals surface area contributed by atoms with Gasteiger partial charge in [0.2, 0.25) is 17.6 Å². The van der Waals surface area contributed by atoms with E-state index in [0.29, 0.717) is 30.8 Å². The summed E-state index contributed by atoms with van der Waals surface area (Å²) < 4.78 is 27.4. The van der Waals surface area contributed by atoms with E-state index in [0.717, 1.165) is 12.0 Å². The summed E-state index contributed by atoms with van der Waals surface area (Å²) in [6.45, 7) is 3.73. The van der Waals surface area contributed by atoms with Crippen LogP contribution in [0.1, 0.15) is 57.9 Å². The molecule has 3 atom stereocenters. The molecule has 226 valence electrons. The quantitative estimate of drug-likeness (QED) is 0.269. The van der Waals surface area contributed by atoms with Crippen LogP contribution in [-0.2, 0) is 34.4 Å². The molecule has 9 nitrogen and oxygen atoms in total. The molecule has 1 saturated heterocycles. The maximum Gasteiger partial charge on any atom is 0.289 e. The van der Waals surface area contributed by atoms with Crippen molar-refractivity contribution in [2.75, 3.05) is 13.1 Å². The largest absolute Gasteiger partial charge is 0.349 e. The molecule has 0 aromatic heterocycles. The van der Waals surface area contributed by atoms with Crippen LogP contribution in [0.3, 0.4) is 0 Å². The molecule has 4 rings (SSSR count). The van der Waals surface area contributed by atoms with Gasteiger partial charge in [-0.3, -0.25) is 19.2 Å². The Morgan fingerprint density at radius 3 is 2.29 bits per heavy atom. The SMILES string of the molecule is CCCCNC(=O)C(=O)C(CC)NC(=O)[C@@H]1C[C@@H](S(=O)(=O)c2ccccc2Cl)CN1C(=O)C1(c2ccc(Cl)cc2)CC1. The first kappa shape index (κ1) is 32.0. The van der Waals surface area contributed by atoms with Gasteiger partial charge in [-0.2, -0.15) is 0 Å². The van der Waals surface area contributed by atoms with Crippen LogP contribution >= 0.6 is 23.2 Å². The first-order valence-electron chi connectivity index (χ1n) is 14.1. The molecule has 1 saturated carbocycles. The summed E-state index contributed by atoms with van der Waals surface area (Å²) in [5, 5.41) is 4.65. The van der Waals surface area contributed by atoms with Crippen LogP contribution in [0.25, 0.3) is 0 Å². The molecule has 2 aromatic carbocycles. The first-order valence-corrected chi connectivity index (χ1v) is 16.4. The van der Waals surface area contributed by atoms with Gasteiger partial charge in [-0.25, -0.2) is 8.42 Å². The Bertz CT molecular complexity index is 1460. The number of nitrogens with one attached hydrogen (secondary N) is 2. The van der Waals surface area contributed by atoms with E-state index in [1.54, 1.807) is 43.3 Å². The minimum atomic E-state index is -4.03. The highest BCUT2D eigenvalue weighted by molar-refractivity contribution is 7.92. The zero-order chi connectivity index (χ0) is 30.7. The van der Waals surface area contributed by atoms with Gasteiger partial charge in [0.1, 0.15) is 6.04 Å². The molecule has 0 radical (unpaired) electrons. The molecule has 2 fully saturated rings. The summed E-state index contributed by atoms with van der Waals surface area (Å²) in [5.41, 5.74) is -0.162. The highest BCUT2D eigenvalue weighted by atomic mass is 35.5. The average molecular weight is 637 g/mol. The van der Waals surface area contributed by atoms with Gasteiger partial charge >= 0.3 is 0 Å². The number of ketones is 1. The van der Waals surface area contributed by atoms with Gasteiger partial charge in [0.05, 0.1) is 26.6 Å². The van der Waals surface area contributed by atoms with E-state index < -0.39 is 50.2 Å². The molecule has 1 aliphatic heterocycles. The molecule has 1 heterocycles. The molecular formula is C30H35Cl2N3O6S. The monoisotopic (exact) mass is 635 g/mol. The molecule has 1 aliphatic carbocycles. The number of benzene rings is 2. The number of likely N-dealkylation sites (tertiary alicyclic amines) is 1. The Balaban J connectivity index is 1.62. The van der Waals surface area contributed by atoms with Crippen molar-refractivity contribution in [3.05, 3.63) is 64.1 Å². The number of sulfone groups is 1. The molecule has 2 N–H and O–H groups in total. The van der Waals surface area contributed by atoms with Crippen molar-refractivity contribution < 1.29 is 27.6 Å². The second-order valence-electron chi connectivity index (χ2n) is 10.8. The van der Waals surface area contributed by atoms with Gasteiger partial charge in [-0.15, -0.1) is 0 Å². The van der Waals surface area contributed by atoms with Gasteiger partial charge in [0.15, 0.2) is 9.84 Å². The Morgan fingerprint density at radius 2 is 1.69 bits per heavy atom. The molecule has 2 aromatic rings. The van der Waals surface area contributed by atoms with Crippen LogP contribution in [-0.4, -0.2) is 67.2 Å². The van der Waals surface area contributed by atoms with E-state index in [9.17, 15) is 27.6 Å². The minimum Gasteiger partial charge on any atom is -0.349 e. The molecule has 0 spiro atoms. The third-order valence-corrected chi connectivity index (χ3v) is 10.9. The van der Waals surface area contributed by atoms with E-state index in [4.69, 9.17) is 23.2 Å². The van der Waals surface area contributed by atoms with Gasteiger partial charge in [0.25, 0.3) is 5.91 Å². The first-order chi connectivity index (χ1) is 20.0. The lowest BCUT2D eigenvalue weighted by atomic mass is 9.94. The second kappa shape index (κ2) is 13.1. The summed E-state index contributed by atoms with van der Waals surface area (Å²) in [6.07, 6.45) is 2.57. The summed E-state index contributed by atoms with van der Waals surface area (Å²) in [6, 6.07) is 10.7. The lowest BCUT2D eigenvalue weighted by molar-refractivity contribution is -0.143. The number of amides is 3. The zero-order valence-electron chi connectivity index (χ0n) is 23.6. The number of halogens is 2. The van der Waals surface area contributed by atoms with Crippen LogP contribution < -0.4 is 10.6 Å². The van der Waals surface area contributed by atoms with E-state index in [-0.39, 0.29) is 35.2 Å². The van der Waals surface area contributed by atoms with Crippen molar-refractivity contribution >= 4 is 56.5 Å². The number of carbonyl (C=O) groups is 4. The Kier molecular flexibility index (Phi) is 10.0. The summed E-state index contributed by atoms with van der Waals surface area (Å²) in [5.74, 6) is -2.64. The van der Waals surface area contributed by atoms with Crippen LogP contribution in [0.5, 0.6) is 0 Å². The predicted molar refractivity (Wildman–Crippen MR) is 160 cm³/mol. The third kappa shape index (κ3) is 6.50. The topological polar surface area (TPSA) is 130 Å². The standard InChI is InChI=1S/C30H35Cl2N3O6S/c1-3-5-16-33-28(38)26(36)23(4-2)34-27(37)24-17-21(42(40,41)25-9-7-6-8-22(25)32)18-35(24)29(39)30(14-15-30)19-10-12-20(31)13-11-19/h6-13,21,23-24H,3-5,14-18H2,1-2H3,(H,33,38)(H,34,37)/t21-,23?,24+/m1/s1. The highest BCUT2D eigenvalue weighted by Crippen LogP contribution is 2.51. The molecule has 2 aliphatic rings. The zero-order valence-corrected chi connectivity index (χ0v) is 25.9. The maximum atomic E-state index is 14.1. The number of nitrogens with zero attached hydrogens (tertiary/aromatic N) is 1. The second-order valence-corrected chi connectivity index (χ2v) is 13.9. The number of unbranched alkanes of at least 4 members (excludes halogenated alkanes) is 1. The number of rotatable bonds is 12. The fourth-order valence-corrected chi connectivity index (χ4v) is 7.73. The lowest BCUT2D eigenvalue weighted by Gasteiger charge is -2.29. The van der Waals surface area contributed by atoms with E-state index in [2.05, 4.69) is 10.6 Å². The van der Waals surface area contributed by atoms with Gasteiger partial charge in [0, 0.05) is 18.1 Å². The van der Waals surface area contributed by atoms with Crippen LogP contribution in [0.4, 0.5) is 0 Å². The number of Topliss-reactive ketones (excluding diaryl/α,β-unsaturated/α-hetero) is 1. The number of carbonyl (C=O) groups excluding carboxylic acids is 4. The van der Waals surface area contributed by atoms with Crippen molar-refractivity contribution in [1.29, 1.82) is 0 Å². The minimum absolute atomic E-state index is 0.0498. The summed E-state index contributed by atoms with van der Waals surface area (Å²) in [7, 11) is -4.03. The summed E-state index contributed by atoms with van der Waals surface area (Å²) >= 11 is 12.3. The molecular weight excluding hydrogens is 601 g/mol. The Labute approximate surface area is 256 Å². The molecule has 1 unspecified atom stereocenters. The third-order valence-electron chi connectivity index (χ3n) is 8.05. The molecule has 12 heteroatoms. The summed E-state index contributed by atoms with van der Waals surface area (Å²) in [4.78, 5) is 54.3. The molecule has 0 bridgehead atoms. The normalized spacial score (nSPS) is 20.0. The molecule has 3 amide bonds. The van der Waals surface area contributed by atoms with Crippen molar-refractivity contribution in [2.24, 2.45) is 0 Å². The Hall–Kier alpha value is -2.95. The average Bonchev–Trinajstić information content (AvgIpc) is 3.65. The predicted octanol–water partition coefficient (Wildman–Crippen LogP) is 3.85. The van der Waals surface area contributed by atoms with E-state index in [1.165, 1.54) is 17.0 Å². The van der Waals surface area contributed by atoms with Gasteiger partial charge in [-0.05, 0) is 61.9 Å². The number of hydrogen-bond donors (Lipinski definition) is 2. The maximum absolute atomic E-state index is 14.1. The fraction of sp³-hybridized carbons (Fsp3) is 0.467. The van der Waals surface area contributed by atoms with Gasteiger partial charge < -0.3 is 15.5 Å². The Morgan fingerprint density at radius 1 is 1.02 bits per heavy atom. The van der Waals surface area contributed by atoms with E-state index >= 15 is 0 Å². The fourth-order valence-electron chi connectivity index (χ4n) is 5.39. The van der Waals surface area contributed by atoms with Crippen LogP contribution in [0.15, 0.2) is 53.4 Å². The highest BCUT2D eigenvalue weighted by Gasteiger charge is 2.57. The van der Waals surface area contributed by atoms with Gasteiger partial charge in [-0.1, -0.05) is 67.7 Å². The van der Waals surface area contributed by atoms with Crippen molar-refractivity contribution in [1.82, 2.24) is 15.5 Å². The smallest absolute Gasteiger partial charge is 0.289 e. The van der Waals surface area contributed by atoms with Crippen molar-refractivity contribution in [3.63, 3.8) is 0 Å². The van der Waals surface area contributed by atoms with Crippen molar-refractivity contribution in [3.8, 4) is 0 Å². The molecule has 42 heavy (non-hydrogen) atoms. The van der Waals surface area contributed by atoms with E-state index in [1.807, 2.05) is 6.92 Å².